The minimum atomic E-state index is -3.62. The summed E-state index contributed by atoms with van der Waals surface area (Å²) < 4.78 is 38.3. The summed E-state index contributed by atoms with van der Waals surface area (Å²) >= 11 is 0. The number of hydrazine groups is 1. The topological polar surface area (TPSA) is 114 Å². The van der Waals surface area contributed by atoms with Gasteiger partial charge < -0.3 is 9.47 Å². The van der Waals surface area contributed by atoms with Crippen molar-refractivity contribution in [1.29, 1.82) is 0 Å². The van der Waals surface area contributed by atoms with Crippen molar-refractivity contribution >= 4 is 21.8 Å². The van der Waals surface area contributed by atoms with E-state index in [9.17, 15) is 18.0 Å². The number of carbonyl (C=O) groups is 2. The van der Waals surface area contributed by atoms with Crippen LogP contribution in [0.2, 0.25) is 0 Å². The zero-order valence-electron chi connectivity index (χ0n) is 19.8. The fraction of sp³-hybridized carbons (Fsp3) is 0.417. The Kier molecular flexibility index (Phi) is 8.16. The van der Waals surface area contributed by atoms with Gasteiger partial charge in [0.05, 0.1) is 18.1 Å². The molecule has 2 N–H and O–H groups in total. The number of methoxy groups -OCH3 is 1. The fourth-order valence-corrected chi connectivity index (χ4v) is 5.46. The predicted octanol–water partition coefficient (Wildman–Crippen LogP) is 3.12. The first kappa shape index (κ1) is 25.5. The SMILES string of the molecule is COc1cc(C(=O)NNC(=O)c2ccc(S(=O)(=O)N3CCCCC3C)cc2)ccc1OC(C)C. The summed E-state index contributed by atoms with van der Waals surface area (Å²) in [6.45, 7) is 6.16. The predicted molar refractivity (Wildman–Crippen MR) is 127 cm³/mol. The Labute approximate surface area is 200 Å². The van der Waals surface area contributed by atoms with Gasteiger partial charge in [-0.05, 0) is 76.1 Å². The van der Waals surface area contributed by atoms with Gasteiger partial charge in [0.1, 0.15) is 0 Å². The lowest BCUT2D eigenvalue weighted by molar-refractivity contribution is 0.0846. The van der Waals surface area contributed by atoms with Crippen molar-refractivity contribution in [2.75, 3.05) is 13.7 Å². The van der Waals surface area contributed by atoms with E-state index in [-0.39, 0.29) is 28.2 Å². The van der Waals surface area contributed by atoms with Crippen LogP contribution < -0.4 is 20.3 Å². The van der Waals surface area contributed by atoms with Gasteiger partial charge in [0.15, 0.2) is 11.5 Å². The average Bonchev–Trinajstić information content (AvgIpc) is 2.82. The fourth-order valence-electron chi connectivity index (χ4n) is 3.76. The van der Waals surface area contributed by atoms with Crippen molar-refractivity contribution in [3.63, 3.8) is 0 Å². The summed E-state index contributed by atoms with van der Waals surface area (Å²) in [5.41, 5.74) is 5.17. The van der Waals surface area contributed by atoms with Crippen molar-refractivity contribution in [2.24, 2.45) is 0 Å². The molecule has 184 valence electrons. The molecule has 0 spiro atoms. The van der Waals surface area contributed by atoms with Gasteiger partial charge in [0, 0.05) is 23.7 Å². The Bertz CT molecular complexity index is 1130. The minimum absolute atomic E-state index is 0.0541. The maximum atomic E-state index is 12.9. The van der Waals surface area contributed by atoms with Crippen LogP contribution in [0.1, 0.15) is 60.7 Å². The average molecular weight is 490 g/mol. The second-order valence-electron chi connectivity index (χ2n) is 8.43. The Balaban J connectivity index is 1.63. The van der Waals surface area contributed by atoms with E-state index < -0.39 is 21.8 Å². The summed E-state index contributed by atoms with van der Waals surface area (Å²) in [6.07, 6.45) is 2.63. The zero-order valence-corrected chi connectivity index (χ0v) is 20.6. The molecule has 1 fully saturated rings. The molecule has 10 heteroatoms. The molecule has 2 aromatic carbocycles. The third-order valence-electron chi connectivity index (χ3n) is 5.54. The molecule has 34 heavy (non-hydrogen) atoms. The lowest BCUT2D eigenvalue weighted by Crippen LogP contribution is -2.42. The molecule has 1 heterocycles. The van der Waals surface area contributed by atoms with E-state index in [0.717, 1.165) is 19.3 Å². The number of benzene rings is 2. The molecule has 1 unspecified atom stereocenters. The summed E-state index contributed by atoms with van der Waals surface area (Å²) in [5, 5.41) is 0. The van der Waals surface area contributed by atoms with Gasteiger partial charge in [-0.15, -0.1) is 0 Å². The van der Waals surface area contributed by atoms with Crippen LogP contribution in [0.3, 0.4) is 0 Å². The lowest BCUT2D eigenvalue weighted by atomic mass is 10.1. The molecule has 0 aliphatic carbocycles. The first-order valence-electron chi connectivity index (χ1n) is 11.2. The van der Waals surface area contributed by atoms with Crippen molar-refractivity contribution in [1.82, 2.24) is 15.2 Å². The van der Waals surface area contributed by atoms with Crippen LogP contribution in [-0.2, 0) is 10.0 Å². The van der Waals surface area contributed by atoms with E-state index in [1.165, 1.54) is 41.7 Å². The second kappa shape index (κ2) is 10.9. The molecule has 2 aromatic rings. The molecule has 3 rings (SSSR count). The molecule has 0 bridgehead atoms. The first-order valence-corrected chi connectivity index (χ1v) is 12.6. The molecule has 0 radical (unpaired) electrons. The lowest BCUT2D eigenvalue weighted by Gasteiger charge is -2.32. The van der Waals surface area contributed by atoms with E-state index in [2.05, 4.69) is 10.9 Å². The number of piperidine rings is 1. The monoisotopic (exact) mass is 489 g/mol. The van der Waals surface area contributed by atoms with Crippen molar-refractivity contribution in [2.45, 2.75) is 57.1 Å². The molecule has 1 saturated heterocycles. The smallest absolute Gasteiger partial charge is 0.269 e. The summed E-state index contributed by atoms with van der Waals surface area (Å²) in [4.78, 5) is 25.1. The number of sulfonamides is 1. The highest BCUT2D eigenvalue weighted by molar-refractivity contribution is 7.89. The summed E-state index contributed by atoms with van der Waals surface area (Å²) in [7, 11) is -2.15. The summed E-state index contributed by atoms with van der Waals surface area (Å²) in [5.74, 6) is -0.212. The van der Waals surface area contributed by atoms with Crippen LogP contribution in [0.5, 0.6) is 11.5 Å². The molecular weight excluding hydrogens is 458 g/mol. The number of hydrogen-bond acceptors (Lipinski definition) is 6. The van der Waals surface area contributed by atoms with Crippen LogP contribution in [0.4, 0.5) is 0 Å². The van der Waals surface area contributed by atoms with Crippen LogP contribution in [0.25, 0.3) is 0 Å². The van der Waals surface area contributed by atoms with E-state index in [0.29, 0.717) is 18.0 Å². The molecule has 9 nitrogen and oxygen atoms in total. The quantitative estimate of drug-likeness (QED) is 0.578. The standard InChI is InChI=1S/C24H31N3O6S/c1-16(2)33-21-13-10-19(15-22(21)32-4)24(29)26-25-23(28)18-8-11-20(12-9-18)34(30,31)27-14-6-5-7-17(27)3/h8-13,15-17H,5-7,14H2,1-4H3,(H,25,28)(H,26,29). The number of carbonyl (C=O) groups excluding carboxylic acids is 2. The van der Waals surface area contributed by atoms with Crippen molar-refractivity contribution < 1.29 is 27.5 Å². The van der Waals surface area contributed by atoms with Crippen LogP contribution in [0.15, 0.2) is 47.4 Å². The summed E-state index contributed by atoms with van der Waals surface area (Å²) in [6, 6.07) is 10.3. The second-order valence-corrected chi connectivity index (χ2v) is 10.3. The number of rotatable bonds is 7. The zero-order chi connectivity index (χ0) is 24.9. The molecule has 1 aliphatic rings. The van der Waals surface area contributed by atoms with Crippen molar-refractivity contribution in [3.8, 4) is 11.5 Å². The Morgan fingerprint density at radius 1 is 0.971 bits per heavy atom. The van der Waals surface area contributed by atoms with Gasteiger partial charge in [-0.25, -0.2) is 8.42 Å². The van der Waals surface area contributed by atoms with Gasteiger partial charge in [-0.1, -0.05) is 6.42 Å². The van der Waals surface area contributed by atoms with E-state index >= 15 is 0 Å². The Morgan fingerprint density at radius 2 is 1.59 bits per heavy atom. The number of hydrogen-bond donors (Lipinski definition) is 2. The van der Waals surface area contributed by atoms with Crippen LogP contribution >= 0.6 is 0 Å². The highest BCUT2D eigenvalue weighted by Gasteiger charge is 2.31. The van der Waals surface area contributed by atoms with E-state index in [4.69, 9.17) is 9.47 Å². The van der Waals surface area contributed by atoms with Gasteiger partial charge in [0.2, 0.25) is 10.0 Å². The Morgan fingerprint density at radius 3 is 2.18 bits per heavy atom. The number of nitrogens with one attached hydrogen (secondary N) is 2. The highest BCUT2D eigenvalue weighted by atomic mass is 32.2. The van der Waals surface area contributed by atoms with Crippen molar-refractivity contribution in [3.05, 3.63) is 53.6 Å². The maximum Gasteiger partial charge on any atom is 0.269 e. The number of amides is 2. The molecule has 1 atom stereocenters. The van der Waals surface area contributed by atoms with Gasteiger partial charge in [-0.2, -0.15) is 4.31 Å². The van der Waals surface area contributed by atoms with Gasteiger partial charge in [-0.3, -0.25) is 20.4 Å². The molecule has 0 aromatic heterocycles. The van der Waals surface area contributed by atoms with E-state index in [1.807, 2.05) is 20.8 Å². The largest absolute Gasteiger partial charge is 0.493 e. The molecule has 2 amide bonds. The molecule has 1 aliphatic heterocycles. The van der Waals surface area contributed by atoms with Gasteiger partial charge >= 0.3 is 0 Å². The number of ether oxygens (including phenoxy) is 2. The third-order valence-corrected chi connectivity index (χ3v) is 7.57. The first-order chi connectivity index (χ1) is 16.1. The van der Waals surface area contributed by atoms with Crippen LogP contribution in [-0.4, -0.2) is 50.3 Å². The maximum absolute atomic E-state index is 12.9. The van der Waals surface area contributed by atoms with E-state index in [1.54, 1.807) is 12.1 Å². The van der Waals surface area contributed by atoms with Crippen LogP contribution in [0, 0.1) is 0 Å². The Hall–Kier alpha value is -3.11. The molecular formula is C24H31N3O6S. The highest BCUT2D eigenvalue weighted by Crippen LogP contribution is 2.29. The normalized spacial score (nSPS) is 16.7. The minimum Gasteiger partial charge on any atom is -0.493 e. The third kappa shape index (κ3) is 5.87. The number of nitrogens with zero attached hydrogens (tertiary/aromatic N) is 1. The van der Waals surface area contributed by atoms with Gasteiger partial charge in [0.25, 0.3) is 11.8 Å². The molecule has 0 saturated carbocycles.